The largest absolute Gasteiger partial charge is 0.339 e. The molecule has 34 heavy (non-hydrogen) atoms. The molecule has 3 heterocycles. The SMILES string of the molecule is Cc1ccc(S(=O)(=O)c2cnc3[nH]c(-c4ccc(C5(F)CCN(C)CC5)cc4)cc3c2Cl)cc1. The first kappa shape index (κ1) is 23.0. The van der Waals surface area contributed by atoms with Gasteiger partial charge in [0, 0.05) is 30.4 Å². The lowest BCUT2D eigenvalue weighted by Gasteiger charge is -2.34. The number of hydrogen-bond acceptors (Lipinski definition) is 4. The molecule has 176 valence electrons. The minimum atomic E-state index is -3.82. The minimum absolute atomic E-state index is 0.0342. The summed E-state index contributed by atoms with van der Waals surface area (Å²) in [6, 6.07) is 15.8. The Hall–Kier alpha value is -2.74. The zero-order valence-electron chi connectivity index (χ0n) is 19.0. The molecule has 5 rings (SSSR count). The lowest BCUT2D eigenvalue weighted by molar-refractivity contribution is 0.0674. The monoisotopic (exact) mass is 497 g/mol. The molecule has 0 radical (unpaired) electrons. The summed E-state index contributed by atoms with van der Waals surface area (Å²) >= 11 is 6.57. The van der Waals surface area contributed by atoms with Gasteiger partial charge in [-0.05, 0) is 56.1 Å². The van der Waals surface area contributed by atoms with E-state index in [2.05, 4.69) is 14.9 Å². The van der Waals surface area contributed by atoms with Crippen molar-refractivity contribution in [2.45, 2.75) is 35.2 Å². The highest BCUT2D eigenvalue weighted by atomic mass is 35.5. The van der Waals surface area contributed by atoms with Crippen molar-refractivity contribution in [1.29, 1.82) is 0 Å². The van der Waals surface area contributed by atoms with Crippen LogP contribution in [0.3, 0.4) is 0 Å². The van der Waals surface area contributed by atoms with Gasteiger partial charge in [0.1, 0.15) is 16.2 Å². The number of hydrogen-bond donors (Lipinski definition) is 1. The first-order valence-electron chi connectivity index (χ1n) is 11.1. The standard InChI is InChI=1S/C26H25ClFN3O2S/c1-17-3-9-20(10-4-17)34(32,33)23-16-29-25-21(24(23)27)15-22(30-25)18-5-7-19(8-6-18)26(28)11-13-31(2)14-12-26/h3-10,15-16H,11-14H2,1-2H3,(H,29,30). The molecule has 0 saturated carbocycles. The van der Waals surface area contributed by atoms with E-state index in [4.69, 9.17) is 11.6 Å². The van der Waals surface area contributed by atoms with Gasteiger partial charge in [-0.25, -0.2) is 17.8 Å². The Balaban J connectivity index is 1.48. The number of alkyl halides is 1. The van der Waals surface area contributed by atoms with Gasteiger partial charge in [0.2, 0.25) is 9.84 Å². The smallest absolute Gasteiger partial charge is 0.209 e. The topological polar surface area (TPSA) is 66.1 Å². The molecule has 1 fully saturated rings. The summed E-state index contributed by atoms with van der Waals surface area (Å²) in [5, 5.41) is 0.643. The van der Waals surface area contributed by atoms with Crippen molar-refractivity contribution in [2.24, 2.45) is 0 Å². The predicted octanol–water partition coefficient (Wildman–Crippen LogP) is 5.91. The first-order valence-corrected chi connectivity index (χ1v) is 13.0. The summed E-state index contributed by atoms with van der Waals surface area (Å²) in [6.07, 6.45) is 2.25. The van der Waals surface area contributed by atoms with Crippen LogP contribution < -0.4 is 0 Å². The molecule has 1 aliphatic rings. The predicted molar refractivity (Wildman–Crippen MR) is 133 cm³/mol. The van der Waals surface area contributed by atoms with Gasteiger partial charge in [0.05, 0.1) is 9.92 Å². The molecule has 0 amide bonds. The number of pyridine rings is 1. The molecule has 1 aliphatic heterocycles. The summed E-state index contributed by atoms with van der Waals surface area (Å²) in [4.78, 5) is 9.80. The number of nitrogens with one attached hydrogen (secondary N) is 1. The van der Waals surface area contributed by atoms with Crippen LogP contribution in [-0.2, 0) is 15.5 Å². The molecule has 4 aromatic rings. The van der Waals surface area contributed by atoms with E-state index in [-0.39, 0.29) is 14.8 Å². The Labute approximate surface area is 203 Å². The molecule has 2 aromatic heterocycles. The number of H-pyrrole nitrogens is 1. The highest BCUT2D eigenvalue weighted by Gasteiger charge is 2.35. The van der Waals surface area contributed by atoms with Crippen LogP contribution in [-0.4, -0.2) is 43.4 Å². The highest BCUT2D eigenvalue weighted by molar-refractivity contribution is 7.91. The van der Waals surface area contributed by atoms with Gasteiger partial charge in [-0.3, -0.25) is 0 Å². The number of rotatable bonds is 4. The quantitative estimate of drug-likeness (QED) is 0.380. The molecule has 1 saturated heterocycles. The van der Waals surface area contributed by atoms with Crippen molar-refractivity contribution in [3.05, 3.63) is 76.9 Å². The Morgan fingerprint density at radius 3 is 2.35 bits per heavy atom. The molecular formula is C26H25ClFN3O2S. The van der Waals surface area contributed by atoms with E-state index in [0.29, 0.717) is 29.4 Å². The minimum Gasteiger partial charge on any atom is -0.339 e. The number of aromatic amines is 1. The van der Waals surface area contributed by atoms with E-state index in [1.54, 1.807) is 30.3 Å². The van der Waals surface area contributed by atoms with Crippen molar-refractivity contribution >= 4 is 32.5 Å². The van der Waals surface area contributed by atoms with Crippen molar-refractivity contribution in [3.63, 3.8) is 0 Å². The van der Waals surface area contributed by atoms with E-state index in [9.17, 15) is 8.42 Å². The third-order valence-electron chi connectivity index (χ3n) is 6.67. The summed E-state index contributed by atoms with van der Waals surface area (Å²) in [5.74, 6) is 0. The van der Waals surface area contributed by atoms with E-state index < -0.39 is 15.5 Å². The van der Waals surface area contributed by atoms with Crippen molar-refractivity contribution in [1.82, 2.24) is 14.9 Å². The Kier molecular flexibility index (Phi) is 5.74. The van der Waals surface area contributed by atoms with Crippen LogP contribution in [0.4, 0.5) is 4.39 Å². The summed E-state index contributed by atoms with van der Waals surface area (Å²) in [7, 11) is -1.81. The number of nitrogens with zero attached hydrogens (tertiary/aromatic N) is 2. The molecule has 1 N–H and O–H groups in total. The maximum atomic E-state index is 15.4. The van der Waals surface area contributed by atoms with Crippen LogP contribution in [0.1, 0.15) is 24.0 Å². The maximum absolute atomic E-state index is 15.4. The van der Waals surface area contributed by atoms with Crippen molar-refractivity contribution < 1.29 is 12.8 Å². The zero-order chi connectivity index (χ0) is 24.1. The second-order valence-electron chi connectivity index (χ2n) is 9.04. The van der Waals surface area contributed by atoms with Gasteiger partial charge >= 0.3 is 0 Å². The van der Waals surface area contributed by atoms with E-state index in [1.165, 1.54) is 6.20 Å². The van der Waals surface area contributed by atoms with Crippen LogP contribution in [0, 0.1) is 6.92 Å². The summed E-state index contributed by atoms with van der Waals surface area (Å²) < 4.78 is 41.7. The Bertz CT molecular complexity index is 1460. The third-order valence-corrected chi connectivity index (χ3v) is 8.97. The van der Waals surface area contributed by atoms with Gasteiger partial charge in [0.25, 0.3) is 0 Å². The Morgan fingerprint density at radius 2 is 1.71 bits per heavy atom. The molecular weight excluding hydrogens is 473 g/mol. The lowest BCUT2D eigenvalue weighted by atomic mass is 9.86. The lowest BCUT2D eigenvalue weighted by Crippen LogP contribution is -2.37. The maximum Gasteiger partial charge on any atom is 0.209 e. The normalized spacial score (nSPS) is 16.7. The fourth-order valence-electron chi connectivity index (χ4n) is 4.42. The number of aromatic nitrogens is 2. The number of aryl methyl sites for hydroxylation is 1. The number of fused-ring (bicyclic) bond motifs is 1. The summed E-state index contributed by atoms with van der Waals surface area (Å²) in [5.41, 5.74) is 2.41. The first-order chi connectivity index (χ1) is 16.2. The second-order valence-corrected chi connectivity index (χ2v) is 11.3. The van der Waals surface area contributed by atoms with Gasteiger partial charge in [0.15, 0.2) is 0 Å². The molecule has 8 heteroatoms. The number of sulfone groups is 1. The fraction of sp³-hybridized carbons (Fsp3) is 0.269. The Morgan fingerprint density at radius 1 is 1.06 bits per heavy atom. The van der Waals surface area contributed by atoms with Gasteiger partial charge < -0.3 is 9.88 Å². The van der Waals surface area contributed by atoms with Crippen molar-refractivity contribution in [2.75, 3.05) is 20.1 Å². The van der Waals surface area contributed by atoms with E-state index in [0.717, 1.165) is 29.9 Å². The average molecular weight is 498 g/mol. The molecule has 0 aliphatic carbocycles. The third kappa shape index (κ3) is 4.02. The van der Waals surface area contributed by atoms with Crippen LogP contribution >= 0.6 is 11.6 Å². The molecule has 0 unspecified atom stereocenters. The van der Waals surface area contributed by atoms with Gasteiger partial charge in [-0.15, -0.1) is 0 Å². The number of likely N-dealkylation sites (tertiary alicyclic amines) is 1. The van der Waals surface area contributed by atoms with Crippen molar-refractivity contribution in [3.8, 4) is 11.3 Å². The van der Waals surface area contributed by atoms with E-state index in [1.807, 2.05) is 38.2 Å². The van der Waals surface area contributed by atoms with Crippen LogP contribution in [0.5, 0.6) is 0 Å². The molecule has 0 spiro atoms. The van der Waals surface area contributed by atoms with Gasteiger partial charge in [-0.1, -0.05) is 53.6 Å². The number of halogens is 2. The second kappa shape index (κ2) is 8.48. The molecule has 0 bridgehead atoms. The molecule has 0 atom stereocenters. The zero-order valence-corrected chi connectivity index (χ0v) is 20.5. The van der Waals surface area contributed by atoms with Crippen LogP contribution in [0.2, 0.25) is 5.02 Å². The molecule has 5 nitrogen and oxygen atoms in total. The van der Waals surface area contributed by atoms with Gasteiger partial charge in [-0.2, -0.15) is 0 Å². The number of piperidine rings is 1. The fourth-order valence-corrected chi connectivity index (χ4v) is 6.21. The highest BCUT2D eigenvalue weighted by Crippen LogP contribution is 2.38. The van der Waals surface area contributed by atoms with Crippen LogP contribution in [0.15, 0.2) is 70.6 Å². The molecule has 2 aromatic carbocycles. The number of benzene rings is 2. The van der Waals surface area contributed by atoms with Crippen LogP contribution in [0.25, 0.3) is 22.3 Å². The summed E-state index contributed by atoms with van der Waals surface area (Å²) in [6.45, 7) is 3.36. The van der Waals surface area contributed by atoms with E-state index >= 15 is 4.39 Å². The average Bonchev–Trinajstić information content (AvgIpc) is 3.27.